The fourth-order valence-corrected chi connectivity index (χ4v) is 2.58. The van der Waals surface area contributed by atoms with Gasteiger partial charge in [0.15, 0.2) is 0 Å². The van der Waals surface area contributed by atoms with E-state index in [1.807, 2.05) is 0 Å². The summed E-state index contributed by atoms with van der Waals surface area (Å²) in [4.78, 5) is 33.3. The number of nitro groups is 1. The number of hydrogen-bond acceptors (Lipinski definition) is 5. The third-order valence-corrected chi connectivity index (χ3v) is 3.99. The number of nitrogens with zero attached hydrogens (tertiary/aromatic N) is 1. The van der Waals surface area contributed by atoms with Gasteiger partial charge in [0.25, 0.3) is 5.69 Å². The molecule has 0 saturated heterocycles. The molecule has 0 fully saturated rings. The average molecular weight is 326 g/mol. The number of amides is 1. The lowest BCUT2D eigenvalue weighted by Crippen LogP contribution is -2.34. The van der Waals surface area contributed by atoms with Gasteiger partial charge in [-0.2, -0.15) is 0 Å². The highest BCUT2D eigenvalue weighted by Gasteiger charge is 2.16. The normalized spacial score (nSPS) is 13.2. The minimum atomic E-state index is -0.893. The van der Waals surface area contributed by atoms with Crippen LogP contribution in [-0.2, 0) is 9.59 Å². The molecule has 8 heteroatoms. The van der Waals surface area contributed by atoms with Crippen LogP contribution in [0.1, 0.15) is 20.3 Å². The molecule has 1 rings (SSSR count). The van der Waals surface area contributed by atoms with Crippen molar-refractivity contribution >= 4 is 29.3 Å². The Morgan fingerprint density at radius 1 is 1.32 bits per heavy atom. The topological polar surface area (TPSA) is 110 Å². The third-order valence-electron chi connectivity index (χ3n) is 2.88. The summed E-state index contributed by atoms with van der Waals surface area (Å²) in [6, 6.07) is 5.98. The number of benzene rings is 1. The summed E-state index contributed by atoms with van der Waals surface area (Å²) < 4.78 is 0. The molecule has 22 heavy (non-hydrogen) atoms. The molecule has 0 bridgehead atoms. The molecular formula is C14H18N2O5S. The van der Waals surface area contributed by atoms with Gasteiger partial charge in [-0.05, 0) is 25.0 Å². The first-order valence-electron chi connectivity index (χ1n) is 6.70. The molecule has 0 saturated carbocycles. The molecule has 0 aliphatic heterocycles. The van der Waals surface area contributed by atoms with E-state index in [2.05, 4.69) is 5.32 Å². The lowest BCUT2D eigenvalue weighted by Gasteiger charge is -2.14. The van der Waals surface area contributed by atoms with Crippen LogP contribution in [-0.4, -0.2) is 33.7 Å². The van der Waals surface area contributed by atoms with Crippen LogP contribution in [0.3, 0.4) is 0 Å². The maximum Gasteiger partial charge on any atom is 0.303 e. The number of carbonyl (C=O) groups excluding carboxylic acids is 1. The van der Waals surface area contributed by atoms with Gasteiger partial charge in [-0.1, -0.05) is 6.92 Å². The average Bonchev–Trinajstić information content (AvgIpc) is 2.44. The lowest BCUT2D eigenvalue weighted by atomic mass is 10.1. The van der Waals surface area contributed by atoms with Gasteiger partial charge in [-0.15, -0.1) is 11.8 Å². The van der Waals surface area contributed by atoms with E-state index in [1.54, 1.807) is 26.0 Å². The summed E-state index contributed by atoms with van der Waals surface area (Å²) in [6.45, 7) is 3.78. The molecule has 0 aliphatic carbocycles. The van der Waals surface area contributed by atoms with Crippen molar-refractivity contribution in [2.24, 2.45) is 5.92 Å². The van der Waals surface area contributed by atoms with Crippen LogP contribution in [0.5, 0.6) is 0 Å². The maximum absolute atomic E-state index is 11.9. The summed E-state index contributed by atoms with van der Waals surface area (Å²) >= 11 is 1.29. The second kappa shape index (κ2) is 8.38. The van der Waals surface area contributed by atoms with E-state index in [0.717, 1.165) is 4.90 Å². The zero-order valence-corrected chi connectivity index (χ0v) is 13.1. The minimum Gasteiger partial charge on any atom is -0.481 e. The van der Waals surface area contributed by atoms with Crippen molar-refractivity contribution in [2.45, 2.75) is 30.4 Å². The van der Waals surface area contributed by atoms with Gasteiger partial charge in [-0.3, -0.25) is 19.7 Å². The van der Waals surface area contributed by atoms with E-state index in [-0.39, 0.29) is 29.2 Å². The van der Waals surface area contributed by atoms with Gasteiger partial charge in [0.05, 0.1) is 10.2 Å². The molecule has 0 spiro atoms. The van der Waals surface area contributed by atoms with Crippen LogP contribution in [0.25, 0.3) is 0 Å². The minimum absolute atomic E-state index is 0.00366. The smallest absolute Gasteiger partial charge is 0.303 e. The summed E-state index contributed by atoms with van der Waals surface area (Å²) in [7, 11) is 0. The van der Waals surface area contributed by atoms with Gasteiger partial charge in [0.2, 0.25) is 5.91 Å². The zero-order chi connectivity index (χ0) is 16.7. The number of non-ortho nitro benzene ring substituents is 1. The second-order valence-corrected chi connectivity index (χ2v) is 6.37. The quantitative estimate of drug-likeness (QED) is 0.431. The Labute approximate surface area is 132 Å². The van der Waals surface area contributed by atoms with Crippen LogP contribution in [0.15, 0.2) is 29.2 Å². The van der Waals surface area contributed by atoms with Crippen molar-refractivity contribution in [1.29, 1.82) is 0 Å². The van der Waals surface area contributed by atoms with E-state index in [4.69, 9.17) is 5.11 Å². The van der Waals surface area contributed by atoms with Gasteiger partial charge < -0.3 is 10.4 Å². The van der Waals surface area contributed by atoms with Crippen LogP contribution >= 0.6 is 11.8 Å². The summed E-state index contributed by atoms with van der Waals surface area (Å²) in [6.07, 6.45) is 0.00412. The Kier molecular flexibility index (Phi) is 6.84. The largest absolute Gasteiger partial charge is 0.481 e. The fraction of sp³-hybridized carbons (Fsp3) is 0.429. The van der Waals surface area contributed by atoms with Crippen molar-refractivity contribution in [3.8, 4) is 0 Å². The molecule has 2 atom stereocenters. The monoisotopic (exact) mass is 326 g/mol. The zero-order valence-electron chi connectivity index (χ0n) is 12.3. The van der Waals surface area contributed by atoms with Crippen LogP contribution in [0.2, 0.25) is 0 Å². The van der Waals surface area contributed by atoms with E-state index < -0.39 is 10.9 Å². The lowest BCUT2D eigenvalue weighted by molar-refractivity contribution is -0.384. The highest BCUT2D eigenvalue weighted by molar-refractivity contribution is 8.00. The first-order chi connectivity index (χ1) is 10.3. The van der Waals surface area contributed by atoms with Gasteiger partial charge in [0.1, 0.15) is 0 Å². The molecule has 7 nitrogen and oxygen atoms in total. The molecule has 0 aromatic heterocycles. The Balaban J connectivity index is 2.46. The number of nitro benzene ring substituents is 1. The van der Waals surface area contributed by atoms with Crippen LogP contribution in [0, 0.1) is 16.0 Å². The van der Waals surface area contributed by atoms with Gasteiger partial charge in [0, 0.05) is 30.0 Å². The predicted octanol–water partition coefficient (Wildman–Crippen LogP) is 2.30. The van der Waals surface area contributed by atoms with E-state index in [1.165, 1.54) is 23.9 Å². The number of rotatable bonds is 8. The number of hydrogen-bond donors (Lipinski definition) is 2. The molecule has 0 aliphatic rings. The Hall–Kier alpha value is -2.09. The Bertz CT molecular complexity index is 547. The molecule has 0 heterocycles. The predicted molar refractivity (Wildman–Crippen MR) is 82.8 cm³/mol. The third kappa shape index (κ3) is 6.13. The number of aliphatic carboxylic acids is 1. The highest BCUT2D eigenvalue weighted by Crippen LogP contribution is 2.25. The standard InChI is InChI=1S/C14H18N2O5S/c1-9(7-13(17)18)8-15-14(19)10(2)22-12-5-3-11(4-6-12)16(20)21/h3-6,9-10H,7-8H2,1-2H3,(H,15,19)(H,17,18). The maximum atomic E-state index is 11.9. The van der Waals surface area contributed by atoms with E-state index in [0.29, 0.717) is 6.54 Å². The van der Waals surface area contributed by atoms with Crippen molar-refractivity contribution in [1.82, 2.24) is 5.32 Å². The highest BCUT2D eigenvalue weighted by atomic mass is 32.2. The van der Waals surface area contributed by atoms with Gasteiger partial charge in [-0.25, -0.2) is 0 Å². The number of thioether (sulfide) groups is 1. The summed E-state index contributed by atoms with van der Waals surface area (Å²) in [5, 5.41) is 21.5. The Morgan fingerprint density at radius 2 is 1.91 bits per heavy atom. The number of carboxylic acid groups (broad SMARTS) is 1. The number of carboxylic acids is 1. The van der Waals surface area contributed by atoms with Crippen molar-refractivity contribution in [3.63, 3.8) is 0 Å². The molecule has 1 amide bonds. The fourth-order valence-electron chi connectivity index (χ4n) is 1.69. The number of carbonyl (C=O) groups is 2. The van der Waals surface area contributed by atoms with Crippen LogP contribution < -0.4 is 5.32 Å². The molecule has 1 aromatic carbocycles. The van der Waals surface area contributed by atoms with Crippen molar-refractivity contribution < 1.29 is 19.6 Å². The molecule has 1 aromatic rings. The summed E-state index contributed by atoms with van der Waals surface area (Å²) in [5.74, 6) is -1.23. The van der Waals surface area contributed by atoms with Gasteiger partial charge >= 0.3 is 5.97 Å². The number of nitrogens with one attached hydrogen (secondary N) is 1. The second-order valence-electron chi connectivity index (χ2n) is 4.96. The Morgan fingerprint density at radius 3 is 2.41 bits per heavy atom. The first kappa shape index (κ1) is 18.0. The SMILES string of the molecule is CC(CNC(=O)C(C)Sc1ccc([N+](=O)[O-])cc1)CC(=O)O. The molecular weight excluding hydrogens is 308 g/mol. The van der Waals surface area contributed by atoms with Crippen molar-refractivity contribution in [2.75, 3.05) is 6.54 Å². The molecule has 2 N–H and O–H groups in total. The molecule has 120 valence electrons. The van der Waals surface area contributed by atoms with Crippen molar-refractivity contribution in [3.05, 3.63) is 34.4 Å². The van der Waals surface area contributed by atoms with Crippen LogP contribution in [0.4, 0.5) is 5.69 Å². The van der Waals surface area contributed by atoms with E-state index >= 15 is 0 Å². The first-order valence-corrected chi connectivity index (χ1v) is 7.58. The summed E-state index contributed by atoms with van der Waals surface area (Å²) in [5.41, 5.74) is 0.00366. The van der Waals surface area contributed by atoms with E-state index in [9.17, 15) is 19.7 Å². The molecule has 2 unspecified atom stereocenters. The molecule has 0 radical (unpaired) electrons.